The first-order valence-electron chi connectivity index (χ1n) is 6.28. The fourth-order valence-electron chi connectivity index (χ4n) is 1.84. The van der Waals surface area contributed by atoms with Gasteiger partial charge in [0.15, 0.2) is 5.69 Å². The highest BCUT2D eigenvalue weighted by atomic mass is 16.5. The number of aliphatic carboxylic acids is 1. The van der Waals surface area contributed by atoms with Gasteiger partial charge in [-0.25, -0.2) is 0 Å². The highest BCUT2D eigenvalue weighted by Gasteiger charge is 2.22. The molecule has 0 spiro atoms. The molecule has 6 heteroatoms. The SMILES string of the molecule is Cc1c(C(=O)N(C)CCCC(=O)O)noc1C(C)C. The molecule has 0 aliphatic rings. The lowest BCUT2D eigenvalue weighted by Crippen LogP contribution is -2.29. The molecule has 0 unspecified atom stereocenters. The number of nitrogens with zero attached hydrogens (tertiary/aromatic N) is 2. The van der Waals surface area contributed by atoms with Gasteiger partial charge in [0, 0.05) is 31.5 Å². The van der Waals surface area contributed by atoms with Crippen molar-refractivity contribution in [2.24, 2.45) is 0 Å². The van der Waals surface area contributed by atoms with Crippen LogP contribution in [0.5, 0.6) is 0 Å². The number of carboxylic acid groups (broad SMARTS) is 1. The van der Waals surface area contributed by atoms with Crippen LogP contribution < -0.4 is 0 Å². The van der Waals surface area contributed by atoms with Crippen LogP contribution in [-0.2, 0) is 4.79 Å². The Morgan fingerprint density at radius 1 is 1.42 bits per heavy atom. The monoisotopic (exact) mass is 268 g/mol. The molecule has 0 bridgehead atoms. The largest absolute Gasteiger partial charge is 0.481 e. The maximum absolute atomic E-state index is 12.1. The molecule has 0 fully saturated rings. The minimum Gasteiger partial charge on any atom is -0.481 e. The van der Waals surface area contributed by atoms with Crippen molar-refractivity contribution in [3.8, 4) is 0 Å². The summed E-state index contributed by atoms with van der Waals surface area (Å²) in [4.78, 5) is 24.0. The van der Waals surface area contributed by atoms with Gasteiger partial charge in [0.25, 0.3) is 5.91 Å². The van der Waals surface area contributed by atoms with Crippen LogP contribution in [0.3, 0.4) is 0 Å². The predicted octanol–water partition coefficient (Wildman–Crippen LogP) is 2.04. The first-order valence-corrected chi connectivity index (χ1v) is 6.28. The fraction of sp³-hybridized carbons (Fsp3) is 0.615. The van der Waals surface area contributed by atoms with E-state index in [0.29, 0.717) is 24.4 Å². The average Bonchev–Trinajstić information content (AvgIpc) is 2.69. The summed E-state index contributed by atoms with van der Waals surface area (Å²) in [5.74, 6) is -0.215. The van der Waals surface area contributed by atoms with Gasteiger partial charge in [-0.2, -0.15) is 0 Å². The van der Waals surface area contributed by atoms with E-state index in [0.717, 1.165) is 5.56 Å². The second-order valence-electron chi connectivity index (χ2n) is 4.90. The van der Waals surface area contributed by atoms with Crippen LogP contribution >= 0.6 is 0 Å². The topological polar surface area (TPSA) is 83.6 Å². The first-order chi connectivity index (χ1) is 8.84. The summed E-state index contributed by atoms with van der Waals surface area (Å²) in [7, 11) is 1.63. The Balaban J connectivity index is 2.69. The van der Waals surface area contributed by atoms with E-state index >= 15 is 0 Å². The minimum absolute atomic E-state index is 0.0483. The number of hydrogen-bond donors (Lipinski definition) is 1. The number of carbonyl (C=O) groups excluding carboxylic acids is 1. The van der Waals surface area contributed by atoms with Gasteiger partial charge >= 0.3 is 5.97 Å². The molecule has 0 aromatic carbocycles. The molecule has 1 amide bonds. The Kier molecular flexibility index (Phi) is 5.09. The van der Waals surface area contributed by atoms with Crippen molar-refractivity contribution in [3.05, 3.63) is 17.0 Å². The lowest BCUT2D eigenvalue weighted by molar-refractivity contribution is -0.137. The van der Waals surface area contributed by atoms with Crippen LogP contribution in [0.25, 0.3) is 0 Å². The predicted molar refractivity (Wildman–Crippen MR) is 69.2 cm³/mol. The summed E-state index contributed by atoms with van der Waals surface area (Å²) in [6.07, 6.45) is 0.470. The third-order valence-electron chi connectivity index (χ3n) is 2.92. The van der Waals surface area contributed by atoms with Gasteiger partial charge < -0.3 is 14.5 Å². The van der Waals surface area contributed by atoms with Crippen molar-refractivity contribution in [1.29, 1.82) is 0 Å². The zero-order valence-electron chi connectivity index (χ0n) is 11.8. The Labute approximate surface area is 112 Å². The third kappa shape index (κ3) is 3.81. The summed E-state index contributed by atoms with van der Waals surface area (Å²) in [5.41, 5.74) is 1.06. The van der Waals surface area contributed by atoms with Crippen LogP contribution in [0, 0.1) is 6.92 Å². The highest BCUT2D eigenvalue weighted by Crippen LogP contribution is 2.22. The number of aromatic nitrogens is 1. The van der Waals surface area contributed by atoms with Gasteiger partial charge in [-0.05, 0) is 13.3 Å². The van der Waals surface area contributed by atoms with Crippen LogP contribution in [0.1, 0.15) is 54.4 Å². The van der Waals surface area contributed by atoms with E-state index in [2.05, 4.69) is 5.16 Å². The fourth-order valence-corrected chi connectivity index (χ4v) is 1.84. The van der Waals surface area contributed by atoms with Gasteiger partial charge in [0.05, 0.1) is 0 Å². The maximum Gasteiger partial charge on any atom is 0.303 e. The van der Waals surface area contributed by atoms with Gasteiger partial charge in [0.2, 0.25) is 0 Å². The quantitative estimate of drug-likeness (QED) is 0.853. The Bertz CT molecular complexity index is 465. The number of amides is 1. The second-order valence-corrected chi connectivity index (χ2v) is 4.90. The zero-order chi connectivity index (χ0) is 14.6. The molecule has 1 heterocycles. The Hall–Kier alpha value is -1.85. The zero-order valence-corrected chi connectivity index (χ0v) is 11.8. The van der Waals surface area contributed by atoms with E-state index in [9.17, 15) is 9.59 Å². The van der Waals surface area contributed by atoms with Crippen molar-refractivity contribution in [2.45, 2.75) is 39.5 Å². The lowest BCUT2D eigenvalue weighted by Gasteiger charge is -2.15. The van der Waals surface area contributed by atoms with Crippen molar-refractivity contribution >= 4 is 11.9 Å². The molecule has 1 N–H and O–H groups in total. The first kappa shape index (κ1) is 15.2. The van der Waals surface area contributed by atoms with Crippen molar-refractivity contribution in [2.75, 3.05) is 13.6 Å². The van der Waals surface area contributed by atoms with E-state index in [1.807, 2.05) is 20.8 Å². The molecule has 0 saturated carbocycles. The molecule has 0 radical (unpaired) electrons. The van der Waals surface area contributed by atoms with Crippen molar-refractivity contribution in [3.63, 3.8) is 0 Å². The minimum atomic E-state index is -0.861. The van der Waals surface area contributed by atoms with Gasteiger partial charge in [0.1, 0.15) is 5.76 Å². The van der Waals surface area contributed by atoms with Crippen LogP contribution in [-0.4, -0.2) is 40.6 Å². The molecule has 1 aromatic rings. The average molecular weight is 268 g/mol. The maximum atomic E-state index is 12.1. The molecule has 1 rings (SSSR count). The molecule has 0 saturated heterocycles. The number of carbonyl (C=O) groups is 2. The second kappa shape index (κ2) is 6.36. The van der Waals surface area contributed by atoms with Gasteiger partial charge in [-0.3, -0.25) is 9.59 Å². The summed E-state index contributed by atoms with van der Waals surface area (Å²) in [5, 5.41) is 12.4. The van der Waals surface area contributed by atoms with Crippen LogP contribution in [0.4, 0.5) is 0 Å². The molecule has 6 nitrogen and oxygen atoms in total. The molecule has 19 heavy (non-hydrogen) atoms. The van der Waals surface area contributed by atoms with Gasteiger partial charge in [-0.1, -0.05) is 19.0 Å². The van der Waals surface area contributed by atoms with Gasteiger partial charge in [-0.15, -0.1) is 0 Å². The standard InChI is InChI=1S/C13H20N2O4/c1-8(2)12-9(3)11(14-19-12)13(18)15(4)7-5-6-10(16)17/h8H,5-7H2,1-4H3,(H,16,17). The number of rotatable bonds is 6. The molecule has 0 aliphatic carbocycles. The van der Waals surface area contributed by atoms with E-state index in [-0.39, 0.29) is 18.2 Å². The lowest BCUT2D eigenvalue weighted by atomic mass is 10.1. The molecule has 0 aliphatic heterocycles. The van der Waals surface area contributed by atoms with Crippen molar-refractivity contribution in [1.82, 2.24) is 10.1 Å². The summed E-state index contributed by atoms with van der Waals surface area (Å²) in [6, 6.07) is 0. The van der Waals surface area contributed by atoms with Crippen molar-refractivity contribution < 1.29 is 19.2 Å². The molecular formula is C13H20N2O4. The molecule has 0 atom stereocenters. The third-order valence-corrected chi connectivity index (χ3v) is 2.92. The van der Waals surface area contributed by atoms with E-state index < -0.39 is 5.97 Å². The summed E-state index contributed by atoms with van der Waals surface area (Å²) >= 11 is 0. The smallest absolute Gasteiger partial charge is 0.303 e. The van der Waals surface area contributed by atoms with E-state index in [1.165, 1.54) is 4.90 Å². The Morgan fingerprint density at radius 2 is 2.05 bits per heavy atom. The number of hydrogen-bond acceptors (Lipinski definition) is 4. The van der Waals surface area contributed by atoms with E-state index in [1.54, 1.807) is 7.05 Å². The Morgan fingerprint density at radius 3 is 2.53 bits per heavy atom. The molecular weight excluding hydrogens is 248 g/mol. The van der Waals surface area contributed by atoms with E-state index in [4.69, 9.17) is 9.63 Å². The van der Waals surface area contributed by atoms with Crippen LogP contribution in [0.2, 0.25) is 0 Å². The summed E-state index contributed by atoms with van der Waals surface area (Å²) in [6.45, 7) is 6.13. The normalized spacial score (nSPS) is 10.8. The highest BCUT2D eigenvalue weighted by molar-refractivity contribution is 5.93. The number of carboxylic acids is 1. The molecule has 1 aromatic heterocycles. The molecule has 106 valence electrons. The summed E-state index contributed by atoms with van der Waals surface area (Å²) < 4.78 is 5.18. The van der Waals surface area contributed by atoms with Crippen LogP contribution in [0.15, 0.2) is 4.52 Å².